The molecular weight excluding hydrogens is 566 g/mol. The second-order valence-corrected chi connectivity index (χ2v) is 14.7. The number of alkyl carbamates (subject to hydrolysis) is 1. The van der Waals surface area contributed by atoms with E-state index in [0.29, 0.717) is 11.5 Å². The van der Waals surface area contributed by atoms with Crippen molar-refractivity contribution in [2.75, 3.05) is 19.5 Å². The first-order valence-electron chi connectivity index (χ1n) is 13.4. The predicted molar refractivity (Wildman–Crippen MR) is 161 cm³/mol. The Morgan fingerprint density at radius 2 is 1.56 bits per heavy atom. The van der Waals surface area contributed by atoms with E-state index in [1.54, 1.807) is 27.9 Å². The van der Waals surface area contributed by atoms with Gasteiger partial charge in [0.15, 0.2) is 0 Å². The number of ether oxygens (including phenoxy) is 3. The van der Waals surface area contributed by atoms with E-state index in [1.807, 2.05) is 75.4 Å². The molecular formula is C30H43NO8S2. The molecule has 0 fully saturated rings. The Balaban J connectivity index is 2.28. The first kappa shape index (κ1) is 34.4. The van der Waals surface area contributed by atoms with Gasteiger partial charge in [0.1, 0.15) is 23.2 Å². The van der Waals surface area contributed by atoms with Gasteiger partial charge in [0, 0.05) is 5.75 Å². The summed E-state index contributed by atoms with van der Waals surface area (Å²) < 4.78 is 47.0. The van der Waals surface area contributed by atoms with E-state index in [9.17, 15) is 18.0 Å². The van der Waals surface area contributed by atoms with Gasteiger partial charge in [-0.2, -0.15) is 8.42 Å². The number of hydrogen-bond acceptors (Lipinski definition) is 9. The fraction of sp³-hybridized carbons (Fsp3) is 0.533. The number of esters is 1. The highest BCUT2D eigenvalue weighted by molar-refractivity contribution is 7.99. The van der Waals surface area contributed by atoms with Crippen molar-refractivity contribution in [3.63, 3.8) is 0 Å². The van der Waals surface area contributed by atoms with Gasteiger partial charge < -0.3 is 19.5 Å². The van der Waals surface area contributed by atoms with Gasteiger partial charge in [0.25, 0.3) is 10.1 Å². The molecule has 2 rings (SSSR count). The zero-order chi connectivity index (χ0) is 30.7. The third kappa shape index (κ3) is 14.1. The molecule has 1 N–H and O–H groups in total. The third-order valence-corrected chi connectivity index (χ3v) is 8.05. The third-order valence-electron chi connectivity index (χ3n) is 5.46. The van der Waals surface area contributed by atoms with Crippen LogP contribution in [0.5, 0.6) is 5.75 Å². The standard InChI is InChI=1S/C30H43NO8S2/c1-29(2,3)21-38-41(34,35)18-17-25(31-28(33)37-19-22-11-9-8-10-12-22)26(27(32)39-30(4,5)6)40-20-23-13-15-24(36-7)16-14-23/h8-16,25-26H,17-21H2,1-7H3,(H,31,33)/t25-,26-/m0/s1. The van der Waals surface area contributed by atoms with Crippen molar-refractivity contribution in [2.24, 2.45) is 5.41 Å². The van der Waals surface area contributed by atoms with Crippen LogP contribution in [0.25, 0.3) is 0 Å². The van der Waals surface area contributed by atoms with Gasteiger partial charge in [-0.3, -0.25) is 8.98 Å². The van der Waals surface area contributed by atoms with Crippen LogP contribution < -0.4 is 10.1 Å². The topological polar surface area (TPSA) is 117 Å². The summed E-state index contributed by atoms with van der Waals surface area (Å²) in [5, 5.41) is 1.80. The van der Waals surface area contributed by atoms with E-state index >= 15 is 0 Å². The van der Waals surface area contributed by atoms with Crippen LogP contribution in [0.4, 0.5) is 4.79 Å². The zero-order valence-electron chi connectivity index (χ0n) is 25.0. The smallest absolute Gasteiger partial charge is 0.407 e. The largest absolute Gasteiger partial charge is 0.497 e. The molecule has 0 aliphatic heterocycles. The Labute approximate surface area is 248 Å². The fourth-order valence-electron chi connectivity index (χ4n) is 3.43. The lowest BCUT2D eigenvalue weighted by molar-refractivity contribution is -0.154. The van der Waals surface area contributed by atoms with E-state index in [1.165, 1.54) is 11.8 Å². The van der Waals surface area contributed by atoms with E-state index in [4.69, 9.17) is 18.4 Å². The Kier molecular flexibility index (Phi) is 13.0. The molecule has 0 bridgehead atoms. The van der Waals surface area contributed by atoms with Gasteiger partial charge in [0.05, 0.1) is 25.5 Å². The van der Waals surface area contributed by atoms with Crippen molar-refractivity contribution in [1.82, 2.24) is 5.32 Å². The number of nitrogens with one attached hydrogen (secondary N) is 1. The molecule has 228 valence electrons. The summed E-state index contributed by atoms with van der Waals surface area (Å²) in [6, 6.07) is 15.6. The molecule has 0 radical (unpaired) electrons. The molecule has 0 saturated carbocycles. The molecule has 0 unspecified atom stereocenters. The second kappa shape index (κ2) is 15.5. The molecule has 2 aromatic carbocycles. The number of hydrogen-bond donors (Lipinski definition) is 1. The van der Waals surface area contributed by atoms with Crippen molar-refractivity contribution >= 4 is 33.9 Å². The zero-order valence-corrected chi connectivity index (χ0v) is 26.6. The van der Waals surface area contributed by atoms with Crippen LogP contribution in [0.2, 0.25) is 0 Å². The molecule has 0 aliphatic rings. The van der Waals surface area contributed by atoms with Gasteiger partial charge in [-0.15, -0.1) is 11.8 Å². The highest BCUT2D eigenvalue weighted by atomic mass is 32.2. The summed E-state index contributed by atoms with van der Waals surface area (Å²) >= 11 is 1.25. The SMILES string of the molecule is COc1ccc(CS[C@H](C(=O)OC(C)(C)C)[C@H](CCS(=O)(=O)OCC(C)(C)C)NC(=O)OCc2ccccc2)cc1. The van der Waals surface area contributed by atoms with Crippen molar-refractivity contribution in [3.05, 3.63) is 65.7 Å². The molecule has 11 heteroatoms. The first-order valence-corrected chi connectivity index (χ1v) is 16.0. The van der Waals surface area contributed by atoms with Crippen LogP contribution in [0, 0.1) is 5.41 Å². The number of amides is 1. The maximum atomic E-state index is 13.4. The van der Waals surface area contributed by atoms with Crippen LogP contribution >= 0.6 is 11.8 Å². The lowest BCUT2D eigenvalue weighted by Gasteiger charge is -2.29. The molecule has 1 amide bonds. The highest BCUT2D eigenvalue weighted by Gasteiger charge is 2.35. The Bertz CT molecular complexity index is 1200. The van der Waals surface area contributed by atoms with E-state index in [0.717, 1.165) is 11.1 Å². The first-order chi connectivity index (χ1) is 19.1. The Morgan fingerprint density at radius 1 is 0.927 bits per heavy atom. The number of thioether (sulfide) groups is 1. The normalized spacial score (nSPS) is 13.6. The van der Waals surface area contributed by atoms with E-state index in [2.05, 4.69) is 5.32 Å². The number of methoxy groups -OCH3 is 1. The van der Waals surface area contributed by atoms with Gasteiger partial charge in [0.2, 0.25) is 0 Å². The van der Waals surface area contributed by atoms with E-state index in [-0.39, 0.29) is 25.0 Å². The van der Waals surface area contributed by atoms with Crippen LogP contribution in [0.1, 0.15) is 59.1 Å². The minimum atomic E-state index is -3.94. The van der Waals surface area contributed by atoms with Gasteiger partial charge in [-0.05, 0) is 55.9 Å². The minimum absolute atomic E-state index is 0.00819. The quantitative estimate of drug-likeness (QED) is 0.212. The number of carbonyl (C=O) groups excluding carboxylic acids is 2. The van der Waals surface area contributed by atoms with Crippen LogP contribution in [-0.2, 0) is 40.9 Å². The lowest BCUT2D eigenvalue weighted by atomic mass is 9.99. The number of benzene rings is 2. The van der Waals surface area contributed by atoms with Crippen LogP contribution in [0.15, 0.2) is 54.6 Å². The summed E-state index contributed by atoms with van der Waals surface area (Å²) in [6.07, 6.45) is -0.864. The van der Waals surface area contributed by atoms with Gasteiger partial charge in [-0.1, -0.05) is 63.2 Å². The fourth-order valence-corrected chi connectivity index (χ4v) is 5.81. The summed E-state index contributed by atoms with van der Waals surface area (Å²) in [7, 11) is -2.36. The summed E-state index contributed by atoms with van der Waals surface area (Å²) in [5.41, 5.74) is 0.543. The summed E-state index contributed by atoms with van der Waals surface area (Å²) in [4.78, 5) is 26.3. The van der Waals surface area contributed by atoms with Gasteiger partial charge in [-0.25, -0.2) is 4.79 Å². The molecule has 41 heavy (non-hydrogen) atoms. The number of carbonyl (C=O) groups is 2. The number of rotatable bonds is 14. The second-order valence-electron chi connectivity index (χ2n) is 11.8. The average molecular weight is 610 g/mol. The molecule has 0 spiro atoms. The van der Waals surface area contributed by atoms with Gasteiger partial charge >= 0.3 is 12.1 Å². The van der Waals surface area contributed by atoms with Crippen LogP contribution in [0.3, 0.4) is 0 Å². The predicted octanol–water partition coefficient (Wildman–Crippen LogP) is 5.72. The maximum Gasteiger partial charge on any atom is 0.407 e. The summed E-state index contributed by atoms with van der Waals surface area (Å²) in [6.45, 7) is 10.9. The monoisotopic (exact) mass is 609 g/mol. The Morgan fingerprint density at radius 3 is 2.12 bits per heavy atom. The van der Waals surface area contributed by atoms with E-state index < -0.39 is 44.8 Å². The lowest BCUT2D eigenvalue weighted by Crippen LogP contribution is -2.48. The highest BCUT2D eigenvalue weighted by Crippen LogP contribution is 2.27. The molecule has 0 saturated heterocycles. The molecule has 0 aliphatic carbocycles. The summed E-state index contributed by atoms with van der Waals surface area (Å²) in [5.74, 6) is 0.119. The van der Waals surface area contributed by atoms with Crippen molar-refractivity contribution in [1.29, 1.82) is 0 Å². The Hall–Kier alpha value is -2.76. The molecule has 9 nitrogen and oxygen atoms in total. The molecule has 2 atom stereocenters. The molecule has 0 aromatic heterocycles. The molecule has 0 heterocycles. The van der Waals surface area contributed by atoms with Crippen molar-refractivity contribution in [2.45, 2.75) is 77.2 Å². The maximum absolute atomic E-state index is 13.4. The average Bonchev–Trinajstić information content (AvgIpc) is 2.89. The van der Waals surface area contributed by atoms with Crippen LogP contribution in [-0.4, -0.2) is 56.8 Å². The minimum Gasteiger partial charge on any atom is -0.497 e. The molecule has 2 aromatic rings. The van der Waals surface area contributed by atoms with Crippen molar-refractivity contribution < 1.29 is 36.4 Å². The van der Waals surface area contributed by atoms with Crippen molar-refractivity contribution in [3.8, 4) is 5.75 Å².